The maximum Gasteiger partial charge on any atom is 0.0678 e. The average molecular weight is 175 g/mol. The molecule has 0 aliphatic carbocycles. The second kappa shape index (κ2) is 3.99. The average Bonchev–Trinajstić information content (AvgIpc) is 2.38. The molecule has 1 atom stereocenters. The van der Waals surface area contributed by atoms with Crippen LogP contribution in [0.5, 0.6) is 0 Å². The molecular weight excluding hydrogens is 164 g/mol. The molecule has 0 saturated heterocycles. The number of halogens is 1. The molecule has 0 aromatic carbocycles. The van der Waals surface area contributed by atoms with Gasteiger partial charge in [0.2, 0.25) is 0 Å². The first-order valence-corrected chi connectivity index (χ1v) is 4.83. The van der Waals surface area contributed by atoms with Crippen molar-refractivity contribution in [2.24, 2.45) is 0 Å². The van der Waals surface area contributed by atoms with Gasteiger partial charge >= 0.3 is 0 Å². The third-order valence-corrected chi connectivity index (χ3v) is 2.96. The summed E-state index contributed by atoms with van der Waals surface area (Å²) in [5.74, 6) is 0. The first-order valence-electron chi connectivity index (χ1n) is 3.52. The van der Waals surface area contributed by atoms with Crippen LogP contribution in [0.25, 0.3) is 0 Å². The van der Waals surface area contributed by atoms with E-state index in [1.54, 1.807) is 11.3 Å². The predicted molar refractivity (Wildman–Crippen MR) is 47.8 cm³/mol. The van der Waals surface area contributed by atoms with Crippen molar-refractivity contribution in [1.29, 1.82) is 0 Å². The van der Waals surface area contributed by atoms with E-state index in [0.29, 0.717) is 0 Å². The van der Waals surface area contributed by atoms with Gasteiger partial charge in [-0.2, -0.15) is 0 Å². The summed E-state index contributed by atoms with van der Waals surface area (Å²) in [5, 5.41) is 2.31. The zero-order valence-corrected chi connectivity index (χ0v) is 7.58. The molecule has 0 saturated carbocycles. The Bertz CT molecular complexity index is 169. The van der Waals surface area contributed by atoms with Crippen molar-refractivity contribution in [3.8, 4) is 0 Å². The van der Waals surface area contributed by atoms with Gasteiger partial charge in [0.05, 0.1) is 5.38 Å². The third-order valence-electron chi connectivity index (χ3n) is 1.39. The minimum Gasteiger partial charge on any atom is -0.147 e. The Hall–Kier alpha value is -0.0100. The second-order valence-electron chi connectivity index (χ2n) is 2.27. The zero-order valence-electron chi connectivity index (χ0n) is 6.01. The fraction of sp³-hybridized carbons (Fsp3) is 0.500. The Labute approximate surface area is 70.8 Å². The van der Waals surface area contributed by atoms with Crippen molar-refractivity contribution in [1.82, 2.24) is 0 Å². The summed E-state index contributed by atoms with van der Waals surface area (Å²) >= 11 is 7.80. The Morgan fingerprint density at radius 2 is 2.50 bits per heavy atom. The molecule has 0 N–H and O–H groups in total. The monoisotopic (exact) mass is 174 g/mol. The molecule has 0 spiro atoms. The Morgan fingerprint density at radius 3 is 3.00 bits per heavy atom. The molecule has 0 radical (unpaired) electrons. The molecule has 1 rings (SSSR count). The maximum absolute atomic E-state index is 6.06. The minimum absolute atomic E-state index is 0.241. The largest absolute Gasteiger partial charge is 0.147 e. The van der Waals surface area contributed by atoms with Crippen LogP contribution in [-0.4, -0.2) is 0 Å². The SMILES string of the molecule is CCCC(Cl)c1cccs1. The highest BCUT2D eigenvalue weighted by Crippen LogP contribution is 2.28. The summed E-state index contributed by atoms with van der Waals surface area (Å²) < 4.78 is 0. The van der Waals surface area contributed by atoms with Gasteiger partial charge in [-0.3, -0.25) is 0 Å². The van der Waals surface area contributed by atoms with Crippen LogP contribution >= 0.6 is 22.9 Å². The normalized spacial score (nSPS) is 13.4. The van der Waals surface area contributed by atoms with Gasteiger partial charge in [0, 0.05) is 4.88 Å². The van der Waals surface area contributed by atoms with Gasteiger partial charge in [0.1, 0.15) is 0 Å². The van der Waals surface area contributed by atoms with E-state index in [4.69, 9.17) is 11.6 Å². The summed E-state index contributed by atoms with van der Waals surface area (Å²) in [5.41, 5.74) is 0. The standard InChI is InChI=1S/C8H11ClS/c1-2-4-7(9)8-5-3-6-10-8/h3,5-7H,2,4H2,1H3. The van der Waals surface area contributed by atoms with Crippen LogP contribution < -0.4 is 0 Å². The quantitative estimate of drug-likeness (QED) is 0.611. The highest BCUT2D eigenvalue weighted by molar-refractivity contribution is 7.10. The lowest BCUT2D eigenvalue weighted by Crippen LogP contribution is -1.83. The molecule has 0 amide bonds. The van der Waals surface area contributed by atoms with E-state index in [1.807, 2.05) is 6.07 Å². The molecule has 0 bridgehead atoms. The molecule has 56 valence electrons. The van der Waals surface area contributed by atoms with E-state index >= 15 is 0 Å². The van der Waals surface area contributed by atoms with Crippen molar-refractivity contribution in [3.63, 3.8) is 0 Å². The summed E-state index contributed by atoms with van der Waals surface area (Å²) in [6, 6.07) is 4.14. The van der Waals surface area contributed by atoms with Gasteiger partial charge in [-0.15, -0.1) is 22.9 Å². The number of hydrogen-bond donors (Lipinski definition) is 0. The van der Waals surface area contributed by atoms with Gasteiger partial charge in [0.15, 0.2) is 0 Å². The number of hydrogen-bond acceptors (Lipinski definition) is 1. The van der Waals surface area contributed by atoms with Crippen LogP contribution in [0.4, 0.5) is 0 Å². The minimum atomic E-state index is 0.241. The van der Waals surface area contributed by atoms with Crippen molar-refractivity contribution in [2.45, 2.75) is 25.1 Å². The highest BCUT2D eigenvalue weighted by Gasteiger charge is 2.05. The van der Waals surface area contributed by atoms with Crippen molar-refractivity contribution in [2.75, 3.05) is 0 Å². The molecule has 0 aliphatic rings. The van der Waals surface area contributed by atoms with Gasteiger partial charge in [0.25, 0.3) is 0 Å². The zero-order chi connectivity index (χ0) is 7.40. The van der Waals surface area contributed by atoms with Crippen LogP contribution in [0.15, 0.2) is 17.5 Å². The van der Waals surface area contributed by atoms with E-state index in [9.17, 15) is 0 Å². The van der Waals surface area contributed by atoms with Crippen LogP contribution in [-0.2, 0) is 0 Å². The topological polar surface area (TPSA) is 0 Å². The predicted octanol–water partition coefficient (Wildman–Crippen LogP) is 3.83. The smallest absolute Gasteiger partial charge is 0.0678 e. The summed E-state index contributed by atoms with van der Waals surface area (Å²) in [4.78, 5) is 1.29. The van der Waals surface area contributed by atoms with Crippen molar-refractivity contribution >= 4 is 22.9 Å². The fourth-order valence-electron chi connectivity index (χ4n) is 0.865. The molecule has 0 nitrogen and oxygen atoms in total. The Balaban J connectivity index is 2.50. The van der Waals surface area contributed by atoms with E-state index in [2.05, 4.69) is 18.4 Å². The van der Waals surface area contributed by atoms with Gasteiger partial charge in [-0.25, -0.2) is 0 Å². The summed E-state index contributed by atoms with van der Waals surface area (Å²) in [7, 11) is 0. The van der Waals surface area contributed by atoms with E-state index in [0.717, 1.165) is 12.8 Å². The van der Waals surface area contributed by atoms with Crippen molar-refractivity contribution < 1.29 is 0 Å². The second-order valence-corrected chi connectivity index (χ2v) is 3.78. The molecule has 1 unspecified atom stereocenters. The number of thiophene rings is 1. The fourth-order valence-corrected chi connectivity index (χ4v) is 2.05. The molecule has 0 aliphatic heterocycles. The lowest BCUT2D eigenvalue weighted by atomic mass is 10.2. The molecule has 1 aromatic rings. The first kappa shape index (κ1) is 8.09. The Morgan fingerprint density at radius 1 is 1.70 bits per heavy atom. The van der Waals surface area contributed by atoms with Gasteiger partial charge in [-0.05, 0) is 17.9 Å². The van der Waals surface area contributed by atoms with Crippen LogP contribution in [0.1, 0.15) is 30.0 Å². The molecule has 1 heterocycles. The molecule has 2 heteroatoms. The van der Waals surface area contributed by atoms with Gasteiger partial charge < -0.3 is 0 Å². The highest BCUT2D eigenvalue weighted by atomic mass is 35.5. The van der Waals surface area contributed by atoms with Crippen molar-refractivity contribution in [3.05, 3.63) is 22.4 Å². The molecule has 1 aromatic heterocycles. The lowest BCUT2D eigenvalue weighted by molar-refractivity contribution is 0.780. The van der Waals surface area contributed by atoms with E-state index in [1.165, 1.54) is 4.88 Å². The van der Waals surface area contributed by atoms with E-state index < -0.39 is 0 Å². The molecule has 0 fully saturated rings. The van der Waals surface area contributed by atoms with Gasteiger partial charge in [-0.1, -0.05) is 19.4 Å². The molecule has 10 heavy (non-hydrogen) atoms. The maximum atomic E-state index is 6.06. The van der Waals surface area contributed by atoms with Crippen LogP contribution in [0, 0.1) is 0 Å². The van der Waals surface area contributed by atoms with Crippen LogP contribution in [0.3, 0.4) is 0 Å². The number of rotatable bonds is 3. The van der Waals surface area contributed by atoms with E-state index in [-0.39, 0.29) is 5.38 Å². The summed E-state index contributed by atoms with van der Waals surface area (Å²) in [6.07, 6.45) is 2.24. The third kappa shape index (κ3) is 1.99. The lowest BCUT2D eigenvalue weighted by Gasteiger charge is -2.02. The summed E-state index contributed by atoms with van der Waals surface area (Å²) in [6.45, 7) is 2.16. The Kier molecular flexibility index (Phi) is 3.23. The number of alkyl halides is 1. The van der Waals surface area contributed by atoms with Crippen LogP contribution in [0.2, 0.25) is 0 Å². The molecular formula is C8H11ClS. The first-order chi connectivity index (χ1) is 4.84.